The van der Waals surface area contributed by atoms with E-state index in [4.69, 9.17) is 4.74 Å². The monoisotopic (exact) mass is 177 g/mol. The molecule has 0 amide bonds. The molecule has 2 heteroatoms. The van der Waals surface area contributed by atoms with E-state index < -0.39 is 0 Å². The third-order valence-electron chi connectivity index (χ3n) is 2.54. The maximum absolute atomic E-state index is 5.67. The molecule has 0 saturated carbocycles. The Morgan fingerprint density at radius 2 is 2.31 bits per heavy atom. The predicted octanol–water partition coefficient (Wildman–Crippen LogP) is 2.08. The van der Waals surface area contributed by atoms with Crippen molar-refractivity contribution in [2.75, 3.05) is 25.1 Å². The topological polar surface area (TPSA) is 12.5 Å². The molecule has 70 valence electrons. The molecule has 0 saturated heterocycles. The van der Waals surface area contributed by atoms with E-state index in [1.807, 2.05) is 0 Å². The molecule has 0 fully saturated rings. The van der Waals surface area contributed by atoms with Gasteiger partial charge in [0.25, 0.3) is 0 Å². The van der Waals surface area contributed by atoms with Gasteiger partial charge in [-0.2, -0.15) is 0 Å². The quantitative estimate of drug-likeness (QED) is 0.651. The molecule has 1 aliphatic rings. The molecule has 0 unspecified atom stereocenters. The molecule has 2 rings (SSSR count). The molecule has 0 bridgehead atoms. The second kappa shape index (κ2) is 3.29. The zero-order valence-corrected chi connectivity index (χ0v) is 8.21. The third kappa shape index (κ3) is 1.37. The first-order valence-electron chi connectivity index (χ1n) is 4.78. The lowest BCUT2D eigenvalue weighted by Crippen LogP contribution is -2.29. The SMILES string of the molecule is CCc1cccc2c1OCCN2C. The molecule has 0 N–H and O–H groups in total. The van der Waals surface area contributed by atoms with Crippen molar-refractivity contribution in [2.24, 2.45) is 0 Å². The zero-order valence-electron chi connectivity index (χ0n) is 8.21. The Labute approximate surface area is 79.1 Å². The number of rotatable bonds is 1. The number of likely N-dealkylation sites (N-methyl/N-ethyl adjacent to an activating group) is 1. The van der Waals surface area contributed by atoms with Crippen LogP contribution in [0, 0.1) is 0 Å². The van der Waals surface area contributed by atoms with Crippen LogP contribution >= 0.6 is 0 Å². The van der Waals surface area contributed by atoms with Crippen LogP contribution in [0.15, 0.2) is 18.2 Å². The highest BCUT2D eigenvalue weighted by Gasteiger charge is 2.16. The Bertz CT molecular complexity index is 309. The molecule has 1 aromatic rings. The summed E-state index contributed by atoms with van der Waals surface area (Å²) in [6, 6.07) is 6.36. The normalized spacial score (nSPS) is 15.1. The standard InChI is InChI=1S/C11H15NO/c1-3-9-5-4-6-10-11(9)13-8-7-12(10)2/h4-6H,3,7-8H2,1-2H3. The van der Waals surface area contributed by atoms with Crippen LogP contribution in [-0.4, -0.2) is 20.2 Å². The fourth-order valence-corrected chi connectivity index (χ4v) is 1.72. The minimum atomic E-state index is 0.806. The van der Waals surface area contributed by atoms with Gasteiger partial charge >= 0.3 is 0 Å². The van der Waals surface area contributed by atoms with E-state index in [1.54, 1.807) is 0 Å². The molecule has 0 spiro atoms. The van der Waals surface area contributed by atoms with Crippen LogP contribution in [0.5, 0.6) is 5.75 Å². The number of hydrogen-bond acceptors (Lipinski definition) is 2. The number of para-hydroxylation sites is 1. The Balaban J connectivity index is 2.48. The number of anilines is 1. The van der Waals surface area contributed by atoms with Crippen LogP contribution in [0.1, 0.15) is 12.5 Å². The largest absolute Gasteiger partial charge is 0.489 e. The van der Waals surface area contributed by atoms with Gasteiger partial charge in [-0.15, -0.1) is 0 Å². The van der Waals surface area contributed by atoms with Gasteiger partial charge in [-0.25, -0.2) is 0 Å². The van der Waals surface area contributed by atoms with Gasteiger partial charge < -0.3 is 9.64 Å². The minimum absolute atomic E-state index is 0.806. The van der Waals surface area contributed by atoms with Crippen molar-refractivity contribution in [1.29, 1.82) is 0 Å². The fraction of sp³-hybridized carbons (Fsp3) is 0.455. The van der Waals surface area contributed by atoms with E-state index in [0.29, 0.717) is 0 Å². The summed E-state index contributed by atoms with van der Waals surface area (Å²) in [6.07, 6.45) is 1.04. The summed E-state index contributed by atoms with van der Waals surface area (Å²) in [5, 5.41) is 0. The lowest BCUT2D eigenvalue weighted by atomic mass is 10.1. The van der Waals surface area contributed by atoms with Crippen molar-refractivity contribution < 1.29 is 4.74 Å². The van der Waals surface area contributed by atoms with Crippen LogP contribution in [-0.2, 0) is 6.42 Å². The second-order valence-electron chi connectivity index (χ2n) is 3.39. The van der Waals surface area contributed by atoms with Crippen molar-refractivity contribution in [3.05, 3.63) is 23.8 Å². The molecule has 1 heterocycles. The number of nitrogens with zero attached hydrogens (tertiary/aromatic N) is 1. The average Bonchev–Trinajstić information content (AvgIpc) is 2.18. The summed E-state index contributed by atoms with van der Waals surface area (Å²) in [5.41, 5.74) is 2.54. The van der Waals surface area contributed by atoms with Crippen molar-refractivity contribution in [2.45, 2.75) is 13.3 Å². The first kappa shape index (κ1) is 8.42. The van der Waals surface area contributed by atoms with Gasteiger partial charge in [0.2, 0.25) is 0 Å². The molecule has 1 aromatic carbocycles. The molecule has 2 nitrogen and oxygen atoms in total. The van der Waals surface area contributed by atoms with Gasteiger partial charge in [0, 0.05) is 7.05 Å². The highest BCUT2D eigenvalue weighted by atomic mass is 16.5. The summed E-state index contributed by atoms with van der Waals surface area (Å²) < 4.78 is 5.67. The molecule has 0 aromatic heterocycles. The Morgan fingerprint density at radius 3 is 3.08 bits per heavy atom. The van der Waals surface area contributed by atoms with Gasteiger partial charge in [0.15, 0.2) is 0 Å². The van der Waals surface area contributed by atoms with Crippen molar-refractivity contribution in [1.82, 2.24) is 0 Å². The molecule has 13 heavy (non-hydrogen) atoms. The van der Waals surface area contributed by atoms with E-state index in [2.05, 4.69) is 37.1 Å². The third-order valence-corrected chi connectivity index (χ3v) is 2.54. The highest BCUT2D eigenvalue weighted by molar-refractivity contribution is 5.62. The lowest BCUT2D eigenvalue weighted by molar-refractivity contribution is 0.308. The van der Waals surface area contributed by atoms with Crippen LogP contribution < -0.4 is 9.64 Å². The number of ether oxygens (including phenoxy) is 1. The molecule has 0 atom stereocenters. The van der Waals surface area contributed by atoms with Gasteiger partial charge in [-0.1, -0.05) is 19.1 Å². The molecular weight excluding hydrogens is 162 g/mol. The summed E-state index contributed by atoms with van der Waals surface area (Å²) in [7, 11) is 2.11. The van der Waals surface area contributed by atoms with Crippen LogP contribution in [0.3, 0.4) is 0 Å². The highest BCUT2D eigenvalue weighted by Crippen LogP contribution is 2.34. The van der Waals surface area contributed by atoms with E-state index in [9.17, 15) is 0 Å². The van der Waals surface area contributed by atoms with Crippen molar-refractivity contribution >= 4 is 5.69 Å². The number of fused-ring (bicyclic) bond motifs is 1. The second-order valence-corrected chi connectivity index (χ2v) is 3.39. The van der Waals surface area contributed by atoms with Gasteiger partial charge in [-0.05, 0) is 18.1 Å². The van der Waals surface area contributed by atoms with E-state index >= 15 is 0 Å². The maximum atomic E-state index is 5.67. The van der Waals surface area contributed by atoms with Crippen molar-refractivity contribution in [3.63, 3.8) is 0 Å². The summed E-state index contributed by atoms with van der Waals surface area (Å²) in [4.78, 5) is 2.25. The van der Waals surface area contributed by atoms with Gasteiger partial charge in [-0.3, -0.25) is 0 Å². The molecule has 1 aliphatic heterocycles. The lowest BCUT2D eigenvalue weighted by Gasteiger charge is -2.29. The predicted molar refractivity (Wildman–Crippen MR) is 54.6 cm³/mol. The van der Waals surface area contributed by atoms with Crippen LogP contribution in [0.4, 0.5) is 5.69 Å². The zero-order chi connectivity index (χ0) is 9.26. The summed E-state index contributed by atoms with van der Waals surface area (Å²) in [5.74, 6) is 1.08. The number of hydrogen-bond donors (Lipinski definition) is 0. The van der Waals surface area contributed by atoms with Gasteiger partial charge in [0.1, 0.15) is 12.4 Å². The fourth-order valence-electron chi connectivity index (χ4n) is 1.72. The Kier molecular flexibility index (Phi) is 2.13. The van der Waals surface area contributed by atoms with E-state index in [1.165, 1.54) is 11.3 Å². The average molecular weight is 177 g/mol. The smallest absolute Gasteiger partial charge is 0.145 e. The molecule has 0 aliphatic carbocycles. The molecular formula is C11H15NO. The Morgan fingerprint density at radius 1 is 1.46 bits per heavy atom. The summed E-state index contributed by atoms with van der Waals surface area (Å²) >= 11 is 0. The van der Waals surface area contributed by atoms with Crippen molar-refractivity contribution in [3.8, 4) is 5.75 Å². The first-order chi connectivity index (χ1) is 6.33. The minimum Gasteiger partial charge on any atom is -0.489 e. The summed E-state index contributed by atoms with van der Waals surface area (Å²) in [6.45, 7) is 3.95. The van der Waals surface area contributed by atoms with Crippen LogP contribution in [0.2, 0.25) is 0 Å². The number of benzene rings is 1. The first-order valence-corrected chi connectivity index (χ1v) is 4.78. The van der Waals surface area contributed by atoms with E-state index in [0.717, 1.165) is 25.3 Å². The maximum Gasteiger partial charge on any atom is 0.145 e. The van der Waals surface area contributed by atoms with E-state index in [-0.39, 0.29) is 0 Å². The molecule has 0 radical (unpaired) electrons. The van der Waals surface area contributed by atoms with Crippen LogP contribution in [0.25, 0.3) is 0 Å². The Hall–Kier alpha value is -1.18. The number of aryl methyl sites for hydroxylation is 1. The van der Waals surface area contributed by atoms with Gasteiger partial charge in [0.05, 0.1) is 12.2 Å².